The minimum Gasteiger partial charge on any atom is -0.379 e. The lowest BCUT2D eigenvalue weighted by atomic mass is 10.5. The highest BCUT2D eigenvalue weighted by Crippen LogP contribution is 2.32. The summed E-state index contributed by atoms with van der Waals surface area (Å²) < 4.78 is 9.01. The van der Waals surface area contributed by atoms with E-state index in [1.807, 2.05) is 0 Å². The zero-order chi connectivity index (χ0) is 9.03. The van der Waals surface area contributed by atoms with Crippen molar-refractivity contribution in [1.29, 1.82) is 0 Å². The standard InChI is InChI=1S/C6H11Br3O2Si/c7-12(8,9)3-1-2-10-4-6-5-11-6/h6H,1-5H2. The molecule has 6 heteroatoms. The molecule has 1 heterocycles. The number of hydrogen-bond acceptors (Lipinski definition) is 2. The van der Waals surface area contributed by atoms with Gasteiger partial charge in [-0.3, -0.25) is 0 Å². The van der Waals surface area contributed by atoms with Crippen LogP contribution in [0.4, 0.5) is 0 Å². The Balaban J connectivity index is 1.82. The fourth-order valence-corrected chi connectivity index (χ4v) is 3.82. The average Bonchev–Trinajstić information content (AvgIpc) is 2.68. The molecule has 72 valence electrons. The predicted molar refractivity (Wildman–Crippen MR) is 62.5 cm³/mol. The summed E-state index contributed by atoms with van der Waals surface area (Å²) in [6.45, 7) is 2.48. The molecule has 1 aliphatic rings. The minimum atomic E-state index is -1.39. The van der Waals surface area contributed by atoms with Crippen LogP contribution in [0.25, 0.3) is 0 Å². The maximum Gasteiger partial charge on any atom is 0.267 e. The lowest BCUT2D eigenvalue weighted by molar-refractivity contribution is 0.117. The Bertz CT molecular complexity index is 135. The highest BCUT2D eigenvalue weighted by molar-refractivity contribution is 9.72. The molecule has 1 saturated heterocycles. The van der Waals surface area contributed by atoms with E-state index in [2.05, 4.69) is 45.9 Å². The second kappa shape index (κ2) is 5.46. The molecule has 0 aromatic heterocycles. The highest BCUT2D eigenvalue weighted by Gasteiger charge is 2.23. The number of hydrogen-bond donors (Lipinski definition) is 0. The van der Waals surface area contributed by atoms with Gasteiger partial charge in [0.25, 0.3) is 3.93 Å². The van der Waals surface area contributed by atoms with Crippen molar-refractivity contribution < 1.29 is 9.47 Å². The van der Waals surface area contributed by atoms with E-state index >= 15 is 0 Å². The Morgan fingerprint density at radius 2 is 2.08 bits per heavy atom. The quantitative estimate of drug-likeness (QED) is 0.305. The topological polar surface area (TPSA) is 21.8 Å². The van der Waals surface area contributed by atoms with Gasteiger partial charge in [0.2, 0.25) is 0 Å². The van der Waals surface area contributed by atoms with Crippen molar-refractivity contribution >= 4 is 49.8 Å². The fraction of sp³-hybridized carbons (Fsp3) is 1.00. The summed E-state index contributed by atoms with van der Waals surface area (Å²) in [5.41, 5.74) is 0. The monoisotopic (exact) mass is 380 g/mol. The minimum absolute atomic E-state index is 0.393. The van der Waals surface area contributed by atoms with Gasteiger partial charge in [-0.05, 0) is 12.5 Å². The van der Waals surface area contributed by atoms with Crippen LogP contribution in [-0.4, -0.2) is 29.9 Å². The van der Waals surface area contributed by atoms with E-state index < -0.39 is 3.93 Å². The summed E-state index contributed by atoms with van der Waals surface area (Å²) in [7, 11) is 0. The van der Waals surface area contributed by atoms with Crippen LogP contribution in [0.5, 0.6) is 0 Å². The van der Waals surface area contributed by atoms with E-state index in [4.69, 9.17) is 9.47 Å². The number of rotatable bonds is 6. The number of epoxide rings is 1. The molecule has 1 fully saturated rings. The molecule has 0 saturated carbocycles. The summed E-state index contributed by atoms with van der Waals surface area (Å²) in [4.78, 5) is 0. The smallest absolute Gasteiger partial charge is 0.267 e. The summed E-state index contributed by atoms with van der Waals surface area (Å²) >= 11 is 10.7. The zero-order valence-corrected chi connectivity index (χ0v) is 12.3. The first-order valence-corrected chi connectivity index (χ1v) is 12.8. The molecule has 1 unspecified atom stereocenters. The summed E-state index contributed by atoms with van der Waals surface area (Å²) in [5, 5.41) is 0. The zero-order valence-electron chi connectivity index (χ0n) is 6.56. The Kier molecular flexibility index (Phi) is 5.30. The van der Waals surface area contributed by atoms with E-state index in [0.29, 0.717) is 6.10 Å². The van der Waals surface area contributed by atoms with E-state index in [9.17, 15) is 0 Å². The van der Waals surface area contributed by atoms with Gasteiger partial charge in [-0.1, -0.05) is 45.9 Å². The average molecular weight is 383 g/mol. The number of halogens is 3. The van der Waals surface area contributed by atoms with E-state index in [1.165, 1.54) is 0 Å². The van der Waals surface area contributed by atoms with Crippen molar-refractivity contribution in [1.82, 2.24) is 0 Å². The second-order valence-corrected chi connectivity index (χ2v) is 26.2. The Labute approximate surface area is 97.1 Å². The van der Waals surface area contributed by atoms with Crippen molar-refractivity contribution in [3.63, 3.8) is 0 Å². The van der Waals surface area contributed by atoms with Crippen LogP contribution in [0.3, 0.4) is 0 Å². The molecule has 0 amide bonds. The molecule has 1 rings (SSSR count). The van der Waals surface area contributed by atoms with Crippen LogP contribution in [-0.2, 0) is 9.47 Å². The molecule has 0 aromatic rings. The largest absolute Gasteiger partial charge is 0.379 e. The third kappa shape index (κ3) is 7.03. The van der Waals surface area contributed by atoms with Crippen LogP contribution in [0, 0.1) is 0 Å². The Morgan fingerprint density at radius 3 is 2.58 bits per heavy atom. The molecular formula is C6H11Br3O2Si. The third-order valence-electron chi connectivity index (χ3n) is 1.46. The molecule has 0 spiro atoms. The summed E-state index contributed by atoms with van der Waals surface area (Å²) in [6.07, 6.45) is 1.48. The van der Waals surface area contributed by atoms with Gasteiger partial charge in [-0.25, -0.2) is 0 Å². The SMILES string of the molecule is Br[Si](Br)(Br)CCCOCC1CO1. The first kappa shape index (κ1) is 11.7. The molecular weight excluding hydrogens is 372 g/mol. The number of ether oxygens (including phenoxy) is 2. The van der Waals surface area contributed by atoms with E-state index in [1.54, 1.807) is 0 Å². The van der Waals surface area contributed by atoms with Gasteiger partial charge in [-0.2, -0.15) is 0 Å². The molecule has 1 aliphatic heterocycles. The Hall–Kier alpha value is 1.58. The van der Waals surface area contributed by atoms with Gasteiger partial charge in [0.1, 0.15) is 6.10 Å². The van der Waals surface area contributed by atoms with Gasteiger partial charge >= 0.3 is 0 Å². The molecule has 0 bridgehead atoms. The van der Waals surface area contributed by atoms with Crippen molar-refractivity contribution in [2.24, 2.45) is 0 Å². The van der Waals surface area contributed by atoms with Crippen LogP contribution in [0.1, 0.15) is 6.42 Å². The van der Waals surface area contributed by atoms with Crippen LogP contribution in [0.2, 0.25) is 6.04 Å². The van der Waals surface area contributed by atoms with Gasteiger partial charge < -0.3 is 9.47 Å². The van der Waals surface area contributed by atoms with Gasteiger partial charge in [0, 0.05) is 6.61 Å². The lowest BCUT2D eigenvalue weighted by Gasteiger charge is -2.08. The third-order valence-corrected chi connectivity index (χ3v) is 5.94. The van der Waals surface area contributed by atoms with Crippen molar-refractivity contribution in [2.45, 2.75) is 18.6 Å². The molecule has 1 atom stereocenters. The van der Waals surface area contributed by atoms with Crippen molar-refractivity contribution in [3.05, 3.63) is 0 Å². The Morgan fingerprint density at radius 1 is 1.42 bits per heavy atom. The predicted octanol–water partition coefficient (Wildman–Crippen LogP) is 2.92. The maximum atomic E-state index is 5.39. The van der Waals surface area contributed by atoms with E-state index in [-0.39, 0.29) is 0 Å². The van der Waals surface area contributed by atoms with Gasteiger partial charge in [0.05, 0.1) is 13.2 Å². The first-order valence-electron chi connectivity index (χ1n) is 3.84. The molecule has 0 radical (unpaired) electrons. The normalized spacial score (nSPS) is 22.8. The second-order valence-electron chi connectivity index (χ2n) is 2.75. The molecule has 0 N–H and O–H groups in total. The van der Waals surface area contributed by atoms with Crippen molar-refractivity contribution in [3.8, 4) is 0 Å². The van der Waals surface area contributed by atoms with Gasteiger partial charge in [0.15, 0.2) is 0 Å². The fourth-order valence-electron chi connectivity index (χ4n) is 0.754. The highest BCUT2D eigenvalue weighted by atomic mass is 80.0. The molecule has 12 heavy (non-hydrogen) atoms. The maximum absolute atomic E-state index is 5.39. The summed E-state index contributed by atoms with van der Waals surface area (Å²) in [5.74, 6) is 0. The molecule has 0 aromatic carbocycles. The van der Waals surface area contributed by atoms with Crippen LogP contribution < -0.4 is 0 Å². The lowest BCUT2D eigenvalue weighted by Crippen LogP contribution is -2.09. The van der Waals surface area contributed by atoms with E-state index in [0.717, 1.165) is 32.3 Å². The molecule has 0 aliphatic carbocycles. The molecule has 2 nitrogen and oxygen atoms in total. The van der Waals surface area contributed by atoms with Crippen LogP contribution >= 0.6 is 45.9 Å². The first-order chi connectivity index (χ1) is 5.58. The van der Waals surface area contributed by atoms with Crippen LogP contribution in [0.15, 0.2) is 0 Å². The van der Waals surface area contributed by atoms with Gasteiger partial charge in [-0.15, -0.1) is 0 Å². The van der Waals surface area contributed by atoms with Crippen molar-refractivity contribution in [2.75, 3.05) is 19.8 Å². The summed E-state index contributed by atoms with van der Waals surface area (Å²) in [6, 6.07) is 1.12.